The predicted molar refractivity (Wildman–Crippen MR) is 104 cm³/mol. The fourth-order valence-corrected chi connectivity index (χ4v) is 4.42. The summed E-state index contributed by atoms with van der Waals surface area (Å²) in [6.45, 7) is 7.29. The molecule has 1 aliphatic rings. The molecule has 3 N–H and O–H groups in total. The van der Waals surface area contributed by atoms with Gasteiger partial charge in [-0.25, -0.2) is 8.42 Å². The van der Waals surface area contributed by atoms with Gasteiger partial charge in [0.25, 0.3) is 0 Å². The van der Waals surface area contributed by atoms with Gasteiger partial charge >= 0.3 is 0 Å². The van der Waals surface area contributed by atoms with Crippen LogP contribution in [0, 0.1) is 5.92 Å². The SMILES string of the molecule is CC(C)CC(C)(CN)NC(=O)CCS(=O)(=O)c1ccc2c(c1)OCCCO2. The molecule has 1 aromatic carbocycles. The van der Waals surface area contributed by atoms with E-state index in [2.05, 4.69) is 19.2 Å². The fraction of sp³-hybridized carbons (Fsp3) is 0.632. The minimum absolute atomic E-state index is 0.121. The maximum Gasteiger partial charge on any atom is 0.221 e. The topological polar surface area (TPSA) is 108 Å². The molecule has 1 atom stereocenters. The molecule has 1 amide bonds. The van der Waals surface area contributed by atoms with Crippen molar-refractivity contribution in [2.75, 3.05) is 25.5 Å². The van der Waals surface area contributed by atoms with E-state index in [1.807, 2.05) is 6.92 Å². The second-order valence-electron chi connectivity index (χ2n) is 7.64. The van der Waals surface area contributed by atoms with Crippen molar-refractivity contribution in [3.05, 3.63) is 18.2 Å². The van der Waals surface area contributed by atoms with Gasteiger partial charge in [-0.15, -0.1) is 0 Å². The van der Waals surface area contributed by atoms with Crippen molar-refractivity contribution >= 4 is 15.7 Å². The first kappa shape index (κ1) is 21.5. The molecule has 152 valence electrons. The summed E-state index contributed by atoms with van der Waals surface area (Å²) >= 11 is 0. The third-order valence-electron chi connectivity index (χ3n) is 4.43. The van der Waals surface area contributed by atoms with Crippen LogP contribution in [-0.4, -0.2) is 45.4 Å². The lowest BCUT2D eigenvalue weighted by molar-refractivity contribution is -0.122. The summed E-state index contributed by atoms with van der Waals surface area (Å²) in [5, 5.41) is 2.88. The van der Waals surface area contributed by atoms with Crippen molar-refractivity contribution < 1.29 is 22.7 Å². The van der Waals surface area contributed by atoms with Crippen molar-refractivity contribution in [2.45, 2.75) is 50.5 Å². The molecule has 0 aliphatic carbocycles. The molecule has 0 saturated heterocycles. The van der Waals surface area contributed by atoms with Gasteiger partial charge in [-0.1, -0.05) is 13.8 Å². The molecule has 1 unspecified atom stereocenters. The van der Waals surface area contributed by atoms with E-state index < -0.39 is 15.4 Å². The summed E-state index contributed by atoms with van der Waals surface area (Å²) in [6, 6.07) is 4.56. The number of sulfone groups is 1. The molecular formula is C19H30N2O5S. The number of carbonyl (C=O) groups is 1. The number of fused-ring (bicyclic) bond motifs is 1. The van der Waals surface area contributed by atoms with Crippen molar-refractivity contribution in [3.63, 3.8) is 0 Å². The van der Waals surface area contributed by atoms with Crippen LogP contribution in [0.3, 0.4) is 0 Å². The lowest BCUT2D eigenvalue weighted by Crippen LogP contribution is -2.52. The van der Waals surface area contributed by atoms with E-state index in [1.165, 1.54) is 12.1 Å². The van der Waals surface area contributed by atoms with E-state index in [-0.39, 0.29) is 23.0 Å². The molecule has 0 fully saturated rings. The van der Waals surface area contributed by atoms with E-state index in [0.29, 0.717) is 37.2 Å². The summed E-state index contributed by atoms with van der Waals surface area (Å²) in [7, 11) is -3.61. The van der Waals surface area contributed by atoms with Crippen LogP contribution in [0.5, 0.6) is 11.5 Å². The normalized spacial score (nSPS) is 16.5. The Morgan fingerprint density at radius 2 is 1.93 bits per heavy atom. The maximum atomic E-state index is 12.6. The predicted octanol–water partition coefficient (Wildman–Crippen LogP) is 1.89. The van der Waals surface area contributed by atoms with Crippen LogP contribution in [0.2, 0.25) is 0 Å². The lowest BCUT2D eigenvalue weighted by Gasteiger charge is -2.31. The molecule has 7 nitrogen and oxygen atoms in total. The van der Waals surface area contributed by atoms with Gasteiger partial charge in [-0.3, -0.25) is 4.79 Å². The third-order valence-corrected chi connectivity index (χ3v) is 6.14. The summed E-state index contributed by atoms with van der Waals surface area (Å²) < 4.78 is 36.3. The average Bonchev–Trinajstić information content (AvgIpc) is 2.84. The Hall–Kier alpha value is -1.80. The third kappa shape index (κ3) is 6.10. The van der Waals surface area contributed by atoms with Crippen molar-refractivity contribution in [1.29, 1.82) is 0 Å². The largest absolute Gasteiger partial charge is 0.490 e. The fourth-order valence-electron chi connectivity index (χ4n) is 3.17. The number of hydrogen-bond acceptors (Lipinski definition) is 6. The number of amides is 1. The Labute approximate surface area is 161 Å². The summed E-state index contributed by atoms with van der Waals surface area (Å²) in [4.78, 5) is 12.4. The monoisotopic (exact) mass is 398 g/mol. The zero-order chi connectivity index (χ0) is 20.1. The standard InChI is InChI=1S/C19H30N2O5S/c1-14(2)12-19(3,13-20)21-18(22)7-10-27(23,24)15-5-6-16-17(11-15)26-9-4-8-25-16/h5-6,11,14H,4,7-10,12-13,20H2,1-3H3,(H,21,22). The number of nitrogens with one attached hydrogen (secondary N) is 1. The highest BCUT2D eigenvalue weighted by atomic mass is 32.2. The molecule has 0 saturated carbocycles. The number of carbonyl (C=O) groups excluding carboxylic acids is 1. The van der Waals surface area contributed by atoms with Gasteiger partial charge in [-0.05, 0) is 31.4 Å². The molecule has 8 heteroatoms. The zero-order valence-corrected chi connectivity index (χ0v) is 17.1. The lowest BCUT2D eigenvalue weighted by atomic mass is 9.90. The average molecular weight is 399 g/mol. The van der Waals surface area contributed by atoms with Crippen LogP contribution in [-0.2, 0) is 14.6 Å². The number of hydrogen-bond donors (Lipinski definition) is 2. The molecule has 0 bridgehead atoms. The minimum Gasteiger partial charge on any atom is -0.490 e. The smallest absolute Gasteiger partial charge is 0.221 e. The van der Waals surface area contributed by atoms with Crippen LogP contribution in [0.25, 0.3) is 0 Å². The quantitative estimate of drug-likeness (QED) is 0.692. The molecule has 0 spiro atoms. The Morgan fingerprint density at radius 1 is 1.26 bits per heavy atom. The first-order valence-corrected chi connectivity index (χ1v) is 10.9. The van der Waals surface area contributed by atoms with Gasteiger partial charge < -0.3 is 20.5 Å². The summed E-state index contributed by atoms with van der Waals surface area (Å²) in [5.74, 6) is 0.731. The van der Waals surface area contributed by atoms with E-state index in [1.54, 1.807) is 6.07 Å². The first-order chi connectivity index (χ1) is 12.6. The molecule has 2 rings (SSSR count). The highest BCUT2D eigenvalue weighted by molar-refractivity contribution is 7.91. The van der Waals surface area contributed by atoms with E-state index in [4.69, 9.17) is 15.2 Å². The number of ether oxygens (including phenoxy) is 2. The van der Waals surface area contributed by atoms with Gasteiger partial charge in [0.15, 0.2) is 21.3 Å². The number of rotatable bonds is 8. The Balaban J connectivity index is 2.02. The van der Waals surface area contributed by atoms with Gasteiger partial charge in [-0.2, -0.15) is 0 Å². The van der Waals surface area contributed by atoms with Crippen LogP contribution in [0.1, 0.15) is 40.0 Å². The van der Waals surface area contributed by atoms with Gasteiger partial charge in [0, 0.05) is 31.0 Å². The van der Waals surface area contributed by atoms with Gasteiger partial charge in [0.2, 0.25) is 5.91 Å². The molecule has 27 heavy (non-hydrogen) atoms. The molecule has 0 aromatic heterocycles. The second-order valence-corrected chi connectivity index (χ2v) is 9.75. The van der Waals surface area contributed by atoms with E-state index in [9.17, 15) is 13.2 Å². The van der Waals surface area contributed by atoms with Crippen molar-refractivity contribution in [3.8, 4) is 11.5 Å². The van der Waals surface area contributed by atoms with Crippen LogP contribution >= 0.6 is 0 Å². The van der Waals surface area contributed by atoms with E-state index >= 15 is 0 Å². The highest BCUT2D eigenvalue weighted by Crippen LogP contribution is 2.32. The number of benzene rings is 1. The van der Waals surface area contributed by atoms with Crippen molar-refractivity contribution in [2.24, 2.45) is 11.7 Å². The van der Waals surface area contributed by atoms with Crippen LogP contribution in [0.15, 0.2) is 23.1 Å². The van der Waals surface area contributed by atoms with Crippen LogP contribution < -0.4 is 20.5 Å². The van der Waals surface area contributed by atoms with E-state index in [0.717, 1.165) is 12.8 Å². The summed E-state index contributed by atoms with van der Waals surface area (Å²) in [5.41, 5.74) is 5.26. The second kappa shape index (κ2) is 8.93. The molecule has 1 aliphatic heterocycles. The number of nitrogens with two attached hydrogens (primary N) is 1. The molecule has 1 aromatic rings. The Kier molecular flexibility index (Phi) is 7.11. The molecule has 0 radical (unpaired) electrons. The zero-order valence-electron chi connectivity index (χ0n) is 16.3. The minimum atomic E-state index is -3.61. The molecular weight excluding hydrogens is 368 g/mol. The summed E-state index contributed by atoms with van der Waals surface area (Å²) in [6.07, 6.45) is 1.35. The van der Waals surface area contributed by atoms with Gasteiger partial charge in [0.1, 0.15) is 0 Å². The van der Waals surface area contributed by atoms with Crippen molar-refractivity contribution in [1.82, 2.24) is 5.32 Å². The van der Waals surface area contributed by atoms with Crippen LogP contribution in [0.4, 0.5) is 0 Å². The highest BCUT2D eigenvalue weighted by Gasteiger charge is 2.27. The molecule has 1 heterocycles. The first-order valence-electron chi connectivity index (χ1n) is 9.29. The Bertz CT molecular complexity index is 763. The van der Waals surface area contributed by atoms with Gasteiger partial charge in [0.05, 0.1) is 23.9 Å². The maximum absolute atomic E-state index is 12.6. The Morgan fingerprint density at radius 3 is 2.56 bits per heavy atom.